The first-order chi connectivity index (χ1) is 13.0. The lowest BCUT2D eigenvalue weighted by Gasteiger charge is -2.07. The van der Waals surface area contributed by atoms with Crippen LogP contribution in [0.1, 0.15) is 10.6 Å². The number of halogens is 1. The molecule has 0 aliphatic heterocycles. The zero-order valence-corrected chi connectivity index (χ0v) is 17.3. The predicted octanol–water partition coefficient (Wildman–Crippen LogP) is 4.59. The molecule has 9 heteroatoms. The van der Waals surface area contributed by atoms with Crippen LogP contribution in [0.5, 0.6) is 0 Å². The molecule has 140 valence electrons. The molecule has 3 rings (SSSR count). The van der Waals surface area contributed by atoms with Crippen molar-refractivity contribution in [1.29, 1.82) is 0 Å². The highest BCUT2D eigenvalue weighted by Crippen LogP contribution is 2.26. The quantitative estimate of drug-likeness (QED) is 0.448. The third kappa shape index (κ3) is 4.77. The minimum absolute atomic E-state index is 0.130. The average Bonchev–Trinajstić information content (AvgIpc) is 3.17. The number of thiazole rings is 1. The summed E-state index contributed by atoms with van der Waals surface area (Å²) in [6.07, 6.45) is 1.77. The van der Waals surface area contributed by atoms with Gasteiger partial charge in [0.25, 0.3) is 0 Å². The van der Waals surface area contributed by atoms with E-state index < -0.39 is 0 Å². The summed E-state index contributed by atoms with van der Waals surface area (Å²) in [4.78, 5) is 17.6. The molecule has 0 radical (unpaired) electrons. The van der Waals surface area contributed by atoms with Crippen molar-refractivity contribution in [2.24, 2.45) is 0 Å². The summed E-state index contributed by atoms with van der Waals surface area (Å²) in [6.45, 7) is 8.24. The number of allylic oxidation sites excluding steroid dienone is 1. The topological polar surface area (TPSA) is 72.7 Å². The van der Waals surface area contributed by atoms with Crippen molar-refractivity contribution < 1.29 is 4.79 Å². The zero-order valence-electron chi connectivity index (χ0n) is 14.9. The fourth-order valence-electron chi connectivity index (χ4n) is 2.31. The largest absolute Gasteiger partial charge is 0.301 e. The summed E-state index contributed by atoms with van der Waals surface area (Å²) in [5, 5.41) is 13.3. The average molecular weight is 420 g/mol. The van der Waals surface area contributed by atoms with Gasteiger partial charge in [0, 0.05) is 22.0 Å². The van der Waals surface area contributed by atoms with E-state index in [1.807, 2.05) is 42.7 Å². The molecule has 1 aromatic carbocycles. The van der Waals surface area contributed by atoms with Gasteiger partial charge in [-0.2, -0.15) is 0 Å². The van der Waals surface area contributed by atoms with Gasteiger partial charge >= 0.3 is 0 Å². The number of aromatic nitrogens is 4. The number of anilines is 1. The van der Waals surface area contributed by atoms with E-state index in [4.69, 9.17) is 11.6 Å². The number of carbonyl (C=O) groups excluding carboxylic acids is 1. The van der Waals surface area contributed by atoms with E-state index in [0.29, 0.717) is 27.7 Å². The number of nitrogens with one attached hydrogen (secondary N) is 1. The van der Waals surface area contributed by atoms with E-state index in [9.17, 15) is 4.79 Å². The van der Waals surface area contributed by atoms with Gasteiger partial charge in [0.1, 0.15) is 0 Å². The molecule has 0 aliphatic rings. The molecule has 2 aromatic heterocycles. The number of aryl methyl sites for hydroxylation is 2. The molecule has 0 fully saturated rings. The number of benzene rings is 1. The van der Waals surface area contributed by atoms with Crippen molar-refractivity contribution >= 4 is 45.7 Å². The first-order valence-corrected chi connectivity index (χ1v) is 10.3. The smallest absolute Gasteiger partial charge is 0.236 e. The number of carbonyl (C=O) groups is 1. The fourth-order valence-corrected chi connectivity index (χ4v) is 4.02. The molecule has 0 aliphatic carbocycles. The van der Waals surface area contributed by atoms with Crippen molar-refractivity contribution in [2.45, 2.75) is 25.5 Å². The van der Waals surface area contributed by atoms with Crippen molar-refractivity contribution in [3.63, 3.8) is 0 Å². The Kier molecular flexibility index (Phi) is 6.30. The molecule has 1 amide bonds. The van der Waals surface area contributed by atoms with Crippen LogP contribution >= 0.6 is 34.7 Å². The zero-order chi connectivity index (χ0) is 19.4. The summed E-state index contributed by atoms with van der Waals surface area (Å²) in [5.74, 6) is 0.795. The second kappa shape index (κ2) is 8.69. The molecule has 0 unspecified atom stereocenters. The minimum Gasteiger partial charge on any atom is -0.301 e. The molecule has 0 saturated heterocycles. The Morgan fingerprint density at radius 1 is 1.33 bits per heavy atom. The number of rotatable bonds is 7. The van der Waals surface area contributed by atoms with Crippen LogP contribution in [0.3, 0.4) is 0 Å². The van der Waals surface area contributed by atoms with E-state index in [1.165, 1.54) is 23.1 Å². The van der Waals surface area contributed by atoms with E-state index in [1.54, 1.807) is 6.08 Å². The summed E-state index contributed by atoms with van der Waals surface area (Å²) < 4.78 is 1.92. The van der Waals surface area contributed by atoms with Crippen LogP contribution in [-0.4, -0.2) is 31.4 Å². The molecule has 3 aromatic rings. The maximum atomic E-state index is 12.2. The van der Waals surface area contributed by atoms with Crippen molar-refractivity contribution in [3.05, 3.63) is 52.5 Å². The molecule has 27 heavy (non-hydrogen) atoms. The molecule has 2 heterocycles. The Morgan fingerprint density at radius 2 is 2.07 bits per heavy atom. The second-order valence-corrected chi connectivity index (χ2v) is 8.29. The molecule has 0 saturated carbocycles. The minimum atomic E-state index is -0.130. The summed E-state index contributed by atoms with van der Waals surface area (Å²) in [5.41, 5.74) is 1.83. The number of nitrogens with zero attached hydrogens (tertiary/aromatic N) is 4. The highest BCUT2D eigenvalue weighted by molar-refractivity contribution is 7.99. The Bertz CT molecular complexity index is 945. The standard InChI is InChI=1S/C18H18ClN5OS2/c1-4-9-24-16(13-5-7-14(19)8-6-13)22-23-18(24)26-10-15(25)21-17-20-11(2)12(3)27-17/h4-8H,1,9-10H2,2-3H3,(H,20,21,25). The van der Waals surface area contributed by atoms with Crippen molar-refractivity contribution in [2.75, 3.05) is 11.1 Å². The first kappa shape index (κ1) is 19.6. The highest BCUT2D eigenvalue weighted by Gasteiger charge is 2.15. The maximum absolute atomic E-state index is 12.2. The maximum Gasteiger partial charge on any atom is 0.236 e. The lowest BCUT2D eigenvalue weighted by atomic mass is 10.2. The number of hydrogen-bond acceptors (Lipinski definition) is 6. The van der Waals surface area contributed by atoms with Gasteiger partial charge in [-0.05, 0) is 38.1 Å². The molecular formula is C18H18ClN5OS2. The van der Waals surface area contributed by atoms with Gasteiger partial charge in [-0.15, -0.1) is 28.1 Å². The lowest BCUT2D eigenvalue weighted by molar-refractivity contribution is -0.113. The molecule has 0 bridgehead atoms. The second-order valence-electron chi connectivity index (χ2n) is 5.71. The monoisotopic (exact) mass is 419 g/mol. The summed E-state index contributed by atoms with van der Waals surface area (Å²) >= 11 is 8.75. The Morgan fingerprint density at radius 3 is 2.70 bits per heavy atom. The van der Waals surface area contributed by atoms with Crippen LogP contribution in [0.4, 0.5) is 5.13 Å². The van der Waals surface area contributed by atoms with Gasteiger partial charge in [-0.3, -0.25) is 9.36 Å². The molecule has 6 nitrogen and oxygen atoms in total. The van der Waals surface area contributed by atoms with Crippen molar-refractivity contribution in [3.8, 4) is 11.4 Å². The van der Waals surface area contributed by atoms with Gasteiger partial charge in [0.15, 0.2) is 16.1 Å². The van der Waals surface area contributed by atoms with Crippen LogP contribution in [0.15, 0.2) is 42.1 Å². The highest BCUT2D eigenvalue weighted by atomic mass is 35.5. The van der Waals surface area contributed by atoms with Crippen molar-refractivity contribution in [1.82, 2.24) is 19.7 Å². The number of thioether (sulfide) groups is 1. The van der Waals surface area contributed by atoms with Gasteiger partial charge in [-0.25, -0.2) is 4.98 Å². The third-order valence-electron chi connectivity index (χ3n) is 3.74. The number of hydrogen-bond donors (Lipinski definition) is 1. The van der Waals surface area contributed by atoms with E-state index in [0.717, 1.165) is 16.1 Å². The Balaban J connectivity index is 1.71. The van der Waals surface area contributed by atoms with E-state index in [-0.39, 0.29) is 11.7 Å². The van der Waals surface area contributed by atoms with Crippen LogP contribution in [-0.2, 0) is 11.3 Å². The fraction of sp³-hybridized carbons (Fsp3) is 0.222. The van der Waals surface area contributed by atoms with Gasteiger partial charge in [0.05, 0.1) is 11.4 Å². The van der Waals surface area contributed by atoms with Crippen LogP contribution in [0.25, 0.3) is 11.4 Å². The van der Waals surface area contributed by atoms with E-state index in [2.05, 4.69) is 27.1 Å². The summed E-state index contributed by atoms with van der Waals surface area (Å²) in [7, 11) is 0. The third-order valence-corrected chi connectivity index (χ3v) is 5.95. The van der Waals surface area contributed by atoms with Gasteiger partial charge in [-0.1, -0.05) is 29.4 Å². The Hall–Kier alpha value is -2.16. The van der Waals surface area contributed by atoms with Gasteiger partial charge in [0.2, 0.25) is 5.91 Å². The van der Waals surface area contributed by atoms with E-state index >= 15 is 0 Å². The first-order valence-electron chi connectivity index (χ1n) is 8.14. The lowest BCUT2D eigenvalue weighted by Crippen LogP contribution is -2.14. The normalized spacial score (nSPS) is 10.8. The molecule has 0 spiro atoms. The van der Waals surface area contributed by atoms with Crippen LogP contribution in [0.2, 0.25) is 5.02 Å². The SMILES string of the molecule is C=CCn1c(SCC(=O)Nc2nc(C)c(C)s2)nnc1-c1ccc(Cl)cc1. The van der Waals surface area contributed by atoms with Gasteiger partial charge < -0.3 is 5.32 Å². The summed E-state index contributed by atoms with van der Waals surface area (Å²) in [6, 6.07) is 7.39. The molecular weight excluding hydrogens is 402 g/mol. The predicted molar refractivity (Wildman–Crippen MR) is 112 cm³/mol. The molecule has 1 N–H and O–H groups in total. The molecule has 0 atom stereocenters. The Labute approximate surface area is 170 Å². The number of amides is 1. The van der Waals surface area contributed by atoms with Crippen LogP contribution < -0.4 is 5.32 Å². The van der Waals surface area contributed by atoms with Crippen LogP contribution in [0, 0.1) is 13.8 Å².